The minimum Gasteiger partial charge on any atom is -0.456 e. The smallest absolute Gasteiger partial charge is 0.158 e. The monoisotopic (exact) mass is 211 g/mol. The van der Waals surface area contributed by atoms with Gasteiger partial charge in [-0.1, -0.05) is 18.2 Å². The molecule has 3 rings (SSSR count). The summed E-state index contributed by atoms with van der Waals surface area (Å²) in [4.78, 5) is 4.15. The number of nitrogens with one attached hydrogen (secondary N) is 1. The van der Waals surface area contributed by atoms with Crippen LogP contribution in [0.5, 0.6) is 11.5 Å². The number of aromatic nitrogens is 3. The van der Waals surface area contributed by atoms with Gasteiger partial charge in [0.1, 0.15) is 11.5 Å². The van der Waals surface area contributed by atoms with E-state index in [4.69, 9.17) is 4.74 Å². The Balaban J connectivity index is 2.04. The first-order chi connectivity index (χ1) is 7.93. The van der Waals surface area contributed by atoms with Crippen molar-refractivity contribution in [1.29, 1.82) is 0 Å². The molecule has 0 saturated heterocycles. The van der Waals surface area contributed by atoms with Crippen molar-refractivity contribution in [2.75, 3.05) is 0 Å². The number of H-pyrrole nitrogens is 1. The Morgan fingerprint density at radius 3 is 2.81 bits per heavy atom. The number of ether oxygens (including phenoxy) is 1. The minimum atomic E-state index is 0.730. The Labute approximate surface area is 91.9 Å². The van der Waals surface area contributed by atoms with Crippen molar-refractivity contribution in [2.24, 2.45) is 0 Å². The Morgan fingerprint density at radius 2 is 1.94 bits per heavy atom. The molecule has 0 unspecified atom stereocenters. The van der Waals surface area contributed by atoms with Crippen LogP contribution in [-0.2, 0) is 0 Å². The van der Waals surface area contributed by atoms with Crippen molar-refractivity contribution >= 4 is 11.0 Å². The molecule has 0 spiro atoms. The van der Waals surface area contributed by atoms with Gasteiger partial charge in [-0.3, -0.25) is 5.10 Å². The number of pyridine rings is 1. The molecule has 0 saturated carbocycles. The van der Waals surface area contributed by atoms with Gasteiger partial charge >= 0.3 is 0 Å². The summed E-state index contributed by atoms with van der Waals surface area (Å²) >= 11 is 0. The molecule has 2 aromatic heterocycles. The average molecular weight is 211 g/mol. The van der Waals surface area contributed by atoms with E-state index >= 15 is 0 Å². The fourth-order valence-electron chi connectivity index (χ4n) is 1.53. The predicted molar refractivity (Wildman–Crippen MR) is 60.4 cm³/mol. The second-order valence-electron chi connectivity index (χ2n) is 3.36. The highest BCUT2D eigenvalue weighted by atomic mass is 16.5. The van der Waals surface area contributed by atoms with Crippen LogP contribution in [0.3, 0.4) is 0 Å². The van der Waals surface area contributed by atoms with Crippen molar-refractivity contribution in [3.8, 4) is 11.5 Å². The zero-order valence-electron chi connectivity index (χ0n) is 8.42. The molecule has 0 amide bonds. The second kappa shape index (κ2) is 3.66. The van der Waals surface area contributed by atoms with Gasteiger partial charge in [0.2, 0.25) is 0 Å². The lowest BCUT2D eigenvalue weighted by Crippen LogP contribution is -1.85. The zero-order valence-corrected chi connectivity index (χ0v) is 8.42. The Bertz CT molecular complexity index is 604. The third kappa shape index (κ3) is 1.50. The second-order valence-corrected chi connectivity index (χ2v) is 3.36. The summed E-state index contributed by atoms with van der Waals surface area (Å²) in [5, 5.41) is 7.62. The van der Waals surface area contributed by atoms with Crippen LogP contribution >= 0.6 is 0 Å². The van der Waals surface area contributed by atoms with Gasteiger partial charge in [-0.15, -0.1) is 0 Å². The fourth-order valence-corrected chi connectivity index (χ4v) is 1.53. The Kier molecular flexibility index (Phi) is 2.04. The van der Waals surface area contributed by atoms with E-state index in [2.05, 4.69) is 15.2 Å². The van der Waals surface area contributed by atoms with Crippen LogP contribution in [0.1, 0.15) is 0 Å². The molecule has 0 fully saturated rings. The average Bonchev–Trinajstić information content (AvgIpc) is 2.80. The van der Waals surface area contributed by atoms with Crippen LogP contribution in [0.25, 0.3) is 11.0 Å². The molecular weight excluding hydrogens is 202 g/mol. The molecule has 0 aliphatic rings. The SMILES string of the molecule is c1ccc(Oc2ccnc3[nH]ncc23)cc1. The molecule has 1 aromatic carbocycles. The standard InChI is InChI=1S/C12H9N3O/c1-2-4-9(5-3-1)16-11-6-7-13-12-10(11)8-14-15-12/h1-8H,(H,13,14,15). The van der Waals surface area contributed by atoms with Crippen LogP contribution in [0.2, 0.25) is 0 Å². The highest BCUT2D eigenvalue weighted by molar-refractivity contribution is 5.81. The molecule has 4 nitrogen and oxygen atoms in total. The number of nitrogens with zero attached hydrogens (tertiary/aromatic N) is 2. The summed E-state index contributed by atoms with van der Waals surface area (Å²) in [6.07, 6.45) is 3.40. The lowest BCUT2D eigenvalue weighted by Gasteiger charge is -2.05. The molecule has 0 bridgehead atoms. The van der Waals surface area contributed by atoms with Gasteiger partial charge in [0.05, 0.1) is 11.6 Å². The Hall–Kier alpha value is -2.36. The van der Waals surface area contributed by atoms with E-state index in [1.165, 1.54) is 0 Å². The van der Waals surface area contributed by atoms with Gasteiger partial charge in [-0.05, 0) is 18.2 Å². The van der Waals surface area contributed by atoms with Gasteiger partial charge < -0.3 is 4.74 Å². The molecule has 3 aromatic rings. The topological polar surface area (TPSA) is 50.8 Å². The van der Waals surface area contributed by atoms with E-state index in [0.717, 1.165) is 22.5 Å². The van der Waals surface area contributed by atoms with Crippen molar-refractivity contribution in [1.82, 2.24) is 15.2 Å². The minimum absolute atomic E-state index is 0.730. The summed E-state index contributed by atoms with van der Waals surface area (Å²) in [5.74, 6) is 1.56. The maximum absolute atomic E-state index is 5.75. The van der Waals surface area contributed by atoms with E-state index < -0.39 is 0 Å². The summed E-state index contributed by atoms with van der Waals surface area (Å²) in [5.41, 5.74) is 0.730. The van der Waals surface area contributed by atoms with Crippen LogP contribution in [0.15, 0.2) is 48.8 Å². The zero-order chi connectivity index (χ0) is 10.8. The van der Waals surface area contributed by atoms with Crippen LogP contribution in [-0.4, -0.2) is 15.2 Å². The third-order valence-corrected chi connectivity index (χ3v) is 2.29. The number of aromatic amines is 1. The van der Waals surface area contributed by atoms with Gasteiger partial charge in [-0.2, -0.15) is 5.10 Å². The highest BCUT2D eigenvalue weighted by Crippen LogP contribution is 2.26. The molecular formula is C12H9N3O. The van der Waals surface area contributed by atoms with Crippen molar-refractivity contribution < 1.29 is 4.74 Å². The Morgan fingerprint density at radius 1 is 1.06 bits per heavy atom. The molecule has 0 aliphatic heterocycles. The van der Waals surface area contributed by atoms with Crippen LogP contribution in [0, 0.1) is 0 Å². The first-order valence-corrected chi connectivity index (χ1v) is 4.94. The van der Waals surface area contributed by atoms with Gasteiger partial charge in [0.15, 0.2) is 5.65 Å². The predicted octanol–water partition coefficient (Wildman–Crippen LogP) is 2.75. The number of benzene rings is 1. The van der Waals surface area contributed by atoms with Crippen LogP contribution < -0.4 is 4.74 Å². The fraction of sp³-hybridized carbons (Fsp3) is 0. The molecule has 0 atom stereocenters. The molecule has 0 radical (unpaired) electrons. The summed E-state index contributed by atoms with van der Waals surface area (Å²) in [7, 11) is 0. The molecule has 4 heteroatoms. The maximum Gasteiger partial charge on any atom is 0.158 e. The highest BCUT2D eigenvalue weighted by Gasteiger charge is 2.05. The van der Waals surface area contributed by atoms with E-state index in [-0.39, 0.29) is 0 Å². The lowest BCUT2D eigenvalue weighted by molar-refractivity contribution is 0.488. The lowest BCUT2D eigenvalue weighted by atomic mass is 10.3. The summed E-state index contributed by atoms with van der Waals surface area (Å²) in [6, 6.07) is 11.5. The number of rotatable bonds is 2. The maximum atomic E-state index is 5.75. The number of hydrogen-bond donors (Lipinski definition) is 1. The number of fused-ring (bicyclic) bond motifs is 1. The first-order valence-electron chi connectivity index (χ1n) is 4.94. The van der Waals surface area contributed by atoms with E-state index in [1.807, 2.05) is 36.4 Å². The van der Waals surface area contributed by atoms with Crippen molar-refractivity contribution in [2.45, 2.75) is 0 Å². The summed E-state index contributed by atoms with van der Waals surface area (Å²) in [6.45, 7) is 0. The van der Waals surface area contributed by atoms with E-state index in [9.17, 15) is 0 Å². The molecule has 16 heavy (non-hydrogen) atoms. The molecule has 2 heterocycles. The third-order valence-electron chi connectivity index (χ3n) is 2.29. The normalized spacial score (nSPS) is 10.5. The van der Waals surface area contributed by atoms with E-state index in [1.54, 1.807) is 12.4 Å². The number of para-hydroxylation sites is 1. The largest absolute Gasteiger partial charge is 0.456 e. The van der Waals surface area contributed by atoms with Crippen molar-refractivity contribution in [3.05, 3.63) is 48.8 Å². The van der Waals surface area contributed by atoms with Gasteiger partial charge in [0.25, 0.3) is 0 Å². The van der Waals surface area contributed by atoms with Crippen molar-refractivity contribution in [3.63, 3.8) is 0 Å². The summed E-state index contributed by atoms with van der Waals surface area (Å²) < 4.78 is 5.75. The van der Waals surface area contributed by atoms with Gasteiger partial charge in [-0.25, -0.2) is 4.98 Å². The van der Waals surface area contributed by atoms with E-state index in [0.29, 0.717) is 0 Å². The molecule has 1 N–H and O–H groups in total. The first kappa shape index (κ1) is 8.91. The molecule has 78 valence electrons. The molecule has 0 aliphatic carbocycles. The van der Waals surface area contributed by atoms with Gasteiger partial charge in [0, 0.05) is 6.20 Å². The quantitative estimate of drug-likeness (QED) is 0.709. The number of hydrogen-bond acceptors (Lipinski definition) is 3. The van der Waals surface area contributed by atoms with Crippen LogP contribution in [0.4, 0.5) is 0 Å².